The molecule has 0 spiro atoms. The summed E-state index contributed by atoms with van der Waals surface area (Å²) < 4.78 is 0. The number of piperidine rings is 1. The summed E-state index contributed by atoms with van der Waals surface area (Å²) in [7, 11) is 0. The third-order valence-corrected chi connectivity index (χ3v) is 4.61. The van der Waals surface area contributed by atoms with Gasteiger partial charge in [-0.2, -0.15) is 5.26 Å². The van der Waals surface area contributed by atoms with Crippen molar-refractivity contribution in [1.29, 1.82) is 5.26 Å². The Hall–Kier alpha value is -1.24. The zero-order valence-electron chi connectivity index (χ0n) is 11.6. The maximum Gasteiger partial charge on any atom is 0.0992 e. The molecular formula is C16H20ClN3. The summed E-state index contributed by atoms with van der Waals surface area (Å²) in [5.41, 5.74) is 1.69. The molecule has 20 heavy (non-hydrogen) atoms. The topological polar surface area (TPSA) is 39.1 Å². The number of nitriles is 1. The van der Waals surface area contributed by atoms with Gasteiger partial charge in [-0.05, 0) is 56.3 Å². The largest absolute Gasteiger partial charge is 0.370 e. The van der Waals surface area contributed by atoms with Gasteiger partial charge in [0.05, 0.1) is 22.3 Å². The standard InChI is InChI=1S/C16H20ClN3/c17-15-9-13(10-18)3-4-16(15)20-7-5-14(6-8-20)19-11-12-1-2-12/h3-4,9,12,14,19H,1-2,5-8,11H2. The molecule has 1 N–H and O–H groups in total. The first kappa shape index (κ1) is 13.7. The molecule has 0 bridgehead atoms. The van der Waals surface area contributed by atoms with Crippen LogP contribution in [0.1, 0.15) is 31.2 Å². The molecule has 0 radical (unpaired) electrons. The molecule has 1 aliphatic carbocycles. The summed E-state index contributed by atoms with van der Waals surface area (Å²) in [5.74, 6) is 0.945. The number of halogens is 1. The molecule has 0 amide bonds. The molecule has 1 aromatic carbocycles. The maximum absolute atomic E-state index is 8.88. The van der Waals surface area contributed by atoms with Crippen molar-refractivity contribution in [1.82, 2.24) is 5.32 Å². The van der Waals surface area contributed by atoms with Gasteiger partial charge < -0.3 is 10.2 Å². The second kappa shape index (κ2) is 6.03. The minimum atomic E-state index is 0.625. The molecular weight excluding hydrogens is 270 g/mol. The zero-order valence-corrected chi connectivity index (χ0v) is 12.4. The molecule has 1 aliphatic heterocycles. The average Bonchev–Trinajstić information content (AvgIpc) is 3.30. The predicted octanol–water partition coefficient (Wildman–Crippen LogP) is 3.18. The molecule has 0 unspecified atom stereocenters. The predicted molar refractivity (Wildman–Crippen MR) is 82.1 cm³/mol. The normalized spacial score (nSPS) is 19.9. The van der Waals surface area contributed by atoms with Crippen molar-refractivity contribution in [3.63, 3.8) is 0 Å². The fourth-order valence-corrected chi connectivity index (χ4v) is 3.11. The van der Waals surface area contributed by atoms with Gasteiger partial charge in [0.25, 0.3) is 0 Å². The first-order chi connectivity index (χ1) is 9.76. The van der Waals surface area contributed by atoms with Crippen molar-refractivity contribution in [3.8, 4) is 6.07 Å². The SMILES string of the molecule is N#Cc1ccc(N2CCC(NCC3CC3)CC2)c(Cl)c1. The van der Waals surface area contributed by atoms with Crippen molar-refractivity contribution in [2.75, 3.05) is 24.5 Å². The van der Waals surface area contributed by atoms with E-state index in [9.17, 15) is 0 Å². The van der Waals surface area contributed by atoms with E-state index >= 15 is 0 Å². The second-order valence-electron chi connectivity index (χ2n) is 5.89. The van der Waals surface area contributed by atoms with E-state index in [2.05, 4.69) is 16.3 Å². The number of benzene rings is 1. The van der Waals surface area contributed by atoms with E-state index in [-0.39, 0.29) is 0 Å². The quantitative estimate of drug-likeness (QED) is 0.925. The number of rotatable bonds is 4. The van der Waals surface area contributed by atoms with Gasteiger partial charge in [-0.1, -0.05) is 11.6 Å². The Morgan fingerprint density at radius 1 is 1.25 bits per heavy atom. The Morgan fingerprint density at radius 3 is 2.60 bits per heavy atom. The Bertz CT molecular complexity index is 511. The minimum Gasteiger partial charge on any atom is -0.370 e. The highest BCUT2D eigenvalue weighted by atomic mass is 35.5. The molecule has 0 aromatic heterocycles. The second-order valence-corrected chi connectivity index (χ2v) is 6.30. The monoisotopic (exact) mass is 289 g/mol. The maximum atomic E-state index is 8.88. The van der Waals surface area contributed by atoms with Gasteiger partial charge in [-0.3, -0.25) is 0 Å². The van der Waals surface area contributed by atoms with Crippen LogP contribution in [0.25, 0.3) is 0 Å². The minimum absolute atomic E-state index is 0.625. The van der Waals surface area contributed by atoms with E-state index in [1.165, 1.54) is 32.2 Å². The molecule has 3 rings (SSSR count). The van der Waals surface area contributed by atoms with Crippen molar-refractivity contribution < 1.29 is 0 Å². The van der Waals surface area contributed by atoms with Crippen molar-refractivity contribution in [2.45, 2.75) is 31.7 Å². The van der Waals surface area contributed by atoms with E-state index in [0.717, 1.165) is 24.7 Å². The van der Waals surface area contributed by atoms with Crippen LogP contribution >= 0.6 is 11.6 Å². The third kappa shape index (κ3) is 3.26. The third-order valence-electron chi connectivity index (χ3n) is 4.30. The molecule has 1 heterocycles. The highest BCUT2D eigenvalue weighted by molar-refractivity contribution is 6.33. The zero-order chi connectivity index (χ0) is 13.9. The van der Waals surface area contributed by atoms with E-state index in [0.29, 0.717) is 16.6 Å². The highest BCUT2D eigenvalue weighted by Crippen LogP contribution is 2.30. The Kier molecular flexibility index (Phi) is 4.14. The number of nitrogens with zero attached hydrogens (tertiary/aromatic N) is 2. The van der Waals surface area contributed by atoms with E-state index in [1.807, 2.05) is 12.1 Å². The number of nitrogens with one attached hydrogen (secondary N) is 1. The first-order valence-electron chi connectivity index (χ1n) is 7.44. The van der Waals surface area contributed by atoms with Gasteiger partial charge >= 0.3 is 0 Å². The number of hydrogen-bond donors (Lipinski definition) is 1. The summed E-state index contributed by atoms with van der Waals surface area (Å²) in [6.45, 7) is 3.27. The molecule has 2 aliphatic rings. The summed E-state index contributed by atoms with van der Waals surface area (Å²) in [6, 6.07) is 8.36. The Labute approximate surface area is 125 Å². The number of hydrogen-bond acceptors (Lipinski definition) is 3. The molecule has 1 aromatic rings. The summed E-state index contributed by atoms with van der Waals surface area (Å²) >= 11 is 6.28. The first-order valence-corrected chi connectivity index (χ1v) is 7.82. The van der Waals surface area contributed by atoms with E-state index < -0.39 is 0 Å². The fraction of sp³-hybridized carbons (Fsp3) is 0.562. The van der Waals surface area contributed by atoms with Crippen molar-refractivity contribution >= 4 is 17.3 Å². The molecule has 3 nitrogen and oxygen atoms in total. The van der Waals surface area contributed by atoms with E-state index in [1.54, 1.807) is 6.07 Å². The molecule has 0 atom stereocenters. The van der Waals surface area contributed by atoms with Crippen LogP contribution in [0.15, 0.2) is 18.2 Å². The van der Waals surface area contributed by atoms with Gasteiger partial charge in [0.15, 0.2) is 0 Å². The lowest BCUT2D eigenvalue weighted by Gasteiger charge is -2.34. The van der Waals surface area contributed by atoms with Crippen molar-refractivity contribution in [2.24, 2.45) is 5.92 Å². The Balaban J connectivity index is 1.55. The van der Waals surface area contributed by atoms with Crippen LogP contribution in [0.3, 0.4) is 0 Å². The molecule has 1 saturated carbocycles. The lowest BCUT2D eigenvalue weighted by atomic mass is 10.0. The van der Waals surface area contributed by atoms with Gasteiger partial charge in [-0.15, -0.1) is 0 Å². The summed E-state index contributed by atoms with van der Waals surface area (Å²) in [4.78, 5) is 2.33. The van der Waals surface area contributed by atoms with Crippen LogP contribution in [0.5, 0.6) is 0 Å². The van der Waals surface area contributed by atoms with Gasteiger partial charge in [0.1, 0.15) is 0 Å². The van der Waals surface area contributed by atoms with Crippen LogP contribution in [-0.4, -0.2) is 25.7 Å². The molecule has 1 saturated heterocycles. The molecule has 4 heteroatoms. The number of anilines is 1. The summed E-state index contributed by atoms with van der Waals surface area (Å²) in [6.07, 6.45) is 5.16. The fourth-order valence-electron chi connectivity index (χ4n) is 2.81. The Morgan fingerprint density at radius 2 is 2.00 bits per heavy atom. The van der Waals surface area contributed by atoms with E-state index in [4.69, 9.17) is 16.9 Å². The highest BCUT2D eigenvalue weighted by Gasteiger charge is 2.25. The van der Waals surface area contributed by atoms with Crippen LogP contribution < -0.4 is 10.2 Å². The smallest absolute Gasteiger partial charge is 0.0992 e. The summed E-state index contributed by atoms with van der Waals surface area (Å²) in [5, 5.41) is 13.3. The van der Waals surface area contributed by atoms with Gasteiger partial charge in [0.2, 0.25) is 0 Å². The molecule has 106 valence electrons. The van der Waals surface area contributed by atoms with Crippen LogP contribution in [-0.2, 0) is 0 Å². The lowest BCUT2D eigenvalue weighted by Crippen LogP contribution is -2.43. The van der Waals surface area contributed by atoms with Crippen molar-refractivity contribution in [3.05, 3.63) is 28.8 Å². The van der Waals surface area contributed by atoms with Gasteiger partial charge in [0, 0.05) is 19.1 Å². The van der Waals surface area contributed by atoms with Crippen LogP contribution in [0, 0.1) is 17.2 Å². The van der Waals surface area contributed by atoms with Crippen LogP contribution in [0.4, 0.5) is 5.69 Å². The molecule has 2 fully saturated rings. The average molecular weight is 290 g/mol. The van der Waals surface area contributed by atoms with Crippen LogP contribution in [0.2, 0.25) is 5.02 Å². The lowest BCUT2D eigenvalue weighted by molar-refractivity contribution is 0.409. The van der Waals surface area contributed by atoms with Gasteiger partial charge in [-0.25, -0.2) is 0 Å².